The monoisotopic (exact) mass is 386 g/mol. The van der Waals surface area contributed by atoms with Gasteiger partial charge in [0.05, 0.1) is 12.0 Å². The smallest absolute Gasteiger partial charge is 0.339 e. The number of amides is 1. The quantitative estimate of drug-likeness (QED) is 0.719. The Morgan fingerprint density at radius 3 is 2.61 bits per heavy atom. The van der Waals surface area contributed by atoms with Gasteiger partial charge in [-0.3, -0.25) is 4.79 Å². The van der Waals surface area contributed by atoms with Crippen molar-refractivity contribution >= 4 is 22.8 Å². The zero-order valence-electron chi connectivity index (χ0n) is 16.1. The molecule has 0 aliphatic heterocycles. The number of ether oxygens (including phenoxy) is 1. The Labute approximate surface area is 162 Å². The van der Waals surface area contributed by atoms with Gasteiger partial charge in [0.1, 0.15) is 11.3 Å². The number of hydrogen-bond acceptors (Lipinski definition) is 6. The Kier molecular flexibility index (Phi) is 6.02. The van der Waals surface area contributed by atoms with E-state index in [0.29, 0.717) is 11.3 Å². The van der Waals surface area contributed by atoms with E-state index in [1.54, 1.807) is 12.1 Å². The highest BCUT2D eigenvalue weighted by Gasteiger charge is 2.19. The lowest BCUT2D eigenvalue weighted by molar-refractivity contribution is -0.308. The summed E-state index contributed by atoms with van der Waals surface area (Å²) in [6.07, 6.45) is 3.89. The Balaban J connectivity index is 1.70. The Morgan fingerprint density at radius 2 is 1.93 bits per heavy atom. The fourth-order valence-corrected chi connectivity index (χ4v) is 3.59. The molecule has 28 heavy (non-hydrogen) atoms. The SMILES string of the molecule is CC(C)C[C@H](NC(=O)COc1ccc2c3c(c(=O)oc2c1)CCCC3)C(=O)[O-]. The van der Waals surface area contributed by atoms with Crippen molar-refractivity contribution in [3.63, 3.8) is 0 Å². The van der Waals surface area contributed by atoms with Crippen LogP contribution in [0.15, 0.2) is 27.4 Å². The Morgan fingerprint density at radius 1 is 1.21 bits per heavy atom. The van der Waals surface area contributed by atoms with E-state index in [0.717, 1.165) is 42.2 Å². The molecule has 0 unspecified atom stereocenters. The van der Waals surface area contributed by atoms with E-state index >= 15 is 0 Å². The second kappa shape index (κ2) is 8.46. The number of carbonyl (C=O) groups excluding carboxylic acids is 2. The van der Waals surface area contributed by atoms with Crippen LogP contribution in [0.25, 0.3) is 11.0 Å². The average Bonchev–Trinajstić information content (AvgIpc) is 2.65. The van der Waals surface area contributed by atoms with Crippen molar-refractivity contribution in [2.45, 2.75) is 52.0 Å². The molecule has 0 saturated heterocycles. The number of nitrogens with one attached hydrogen (secondary N) is 1. The van der Waals surface area contributed by atoms with Gasteiger partial charge in [-0.25, -0.2) is 4.79 Å². The fraction of sp³-hybridized carbons (Fsp3) is 0.476. The van der Waals surface area contributed by atoms with Crippen LogP contribution in [0, 0.1) is 5.92 Å². The first kappa shape index (κ1) is 19.9. The van der Waals surface area contributed by atoms with Gasteiger partial charge in [0.15, 0.2) is 6.61 Å². The molecule has 0 bridgehead atoms. The van der Waals surface area contributed by atoms with E-state index < -0.39 is 17.9 Å². The van der Waals surface area contributed by atoms with Crippen LogP contribution in [0.3, 0.4) is 0 Å². The highest BCUT2D eigenvalue weighted by Crippen LogP contribution is 2.29. The third kappa shape index (κ3) is 4.52. The number of hydrogen-bond donors (Lipinski definition) is 1. The van der Waals surface area contributed by atoms with Crippen molar-refractivity contribution < 1.29 is 23.8 Å². The van der Waals surface area contributed by atoms with Gasteiger partial charge in [-0.05, 0) is 55.7 Å². The van der Waals surface area contributed by atoms with Crippen molar-refractivity contribution in [2.24, 2.45) is 5.92 Å². The van der Waals surface area contributed by atoms with Crippen LogP contribution >= 0.6 is 0 Å². The van der Waals surface area contributed by atoms with Crippen LogP contribution < -0.4 is 20.8 Å². The summed E-state index contributed by atoms with van der Waals surface area (Å²) in [5, 5.41) is 14.4. The van der Waals surface area contributed by atoms with Gasteiger partial charge in [0.2, 0.25) is 0 Å². The van der Waals surface area contributed by atoms with Crippen LogP contribution in [0.4, 0.5) is 0 Å². The Bertz CT molecular complexity index is 946. The highest BCUT2D eigenvalue weighted by molar-refractivity contribution is 5.84. The number of fused-ring (bicyclic) bond motifs is 3. The van der Waals surface area contributed by atoms with Gasteiger partial charge < -0.3 is 24.4 Å². The van der Waals surface area contributed by atoms with E-state index in [1.165, 1.54) is 0 Å². The summed E-state index contributed by atoms with van der Waals surface area (Å²) >= 11 is 0. The first-order valence-corrected chi connectivity index (χ1v) is 9.56. The third-order valence-corrected chi connectivity index (χ3v) is 4.89. The van der Waals surface area contributed by atoms with Gasteiger partial charge >= 0.3 is 5.63 Å². The molecule has 7 heteroatoms. The summed E-state index contributed by atoms with van der Waals surface area (Å²) < 4.78 is 10.9. The highest BCUT2D eigenvalue weighted by atomic mass is 16.5. The molecule has 7 nitrogen and oxygen atoms in total. The molecule has 0 radical (unpaired) electrons. The van der Waals surface area contributed by atoms with Gasteiger partial charge in [-0.1, -0.05) is 13.8 Å². The third-order valence-electron chi connectivity index (χ3n) is 4.89. The maximum absolute atomic E-state index is 12.2. The summed E-state index contributed by atoms with van der Waals surface area (Å²) in [4.78, 5) is 35.3. The van der Waals surface area contributed by atoms with Crippen molar-refractivity contribution in [2.75, 3.05) is 6.61 Å². The maximum atomic E-state index is 12.2. The zero-order valence-corrected chi connectivity index (χ0v) is 16.1. The van der Waals surface area contributed by atoms with Crippen LogP contribution in [0.2, 0.25) is 0 Å². The van der Waals surface area contributed by atoms with E-state index in [1.807, 2.05) is 19.9 Å². The number of aryl methyl sites for hydroxylation is 1. The molecule has 0 spiro atoms. The van der Waals surface area contributed by atoms with Crippen LogP contribution in [-0.2, 0) is 22.4 Å². The molecule has 2 aromatic rings. The van der Waals surface area contributed by atoms with Crippen molar-refractivity contribution in [3.05, 3.63) is 39.7 Å². The summed E-state index contributed by atoms with van der Waals surface area (Å²) in [6, 6.07) is 4.08. The molecular weight excluding hydrogens is 362 g/mol. The maximum Gasteiger partial charge on any atom is 0.339 e. The van der Waals surface area contributed by atoms with E-state index in [4.69, 9.17) is 9.15 Å². The summed E-state index contributed by atoms with van der Waals surface area (Å²) in [5.74, 6) is -1.41. The standard InChI is InChI=1S/C21H25NO6/c1-12(2)9-17(20(24)25)22-19(23)11-27-13-7-8-15-14-5-3-4-6-16(14)21(26)28-18(15)10-13/h7-8,10,12,17H,3-6,9,11H2,1-2H3,(H,22,23)(H,24,25)/p-1/t17-/m0/s1. The molecule has 150 valence electrons. The molecular formula is C21H24NO6-. The number of carboxylic acid groups (broad SMARTS) is 1. The molecule has 1 atom stereocenters. The number of benzene rings is 1. The lowest BCUT2D eigenvalue weighted by Gasteiger charge is -2.21. The number of aliphatic carboxylic acids is 1. The molecule has 1 aromatic heterocycles. The molecule has 0 fully saturated rings. The topological polar surface area (TPSA) is 109 Å². The van der Waals surface area contributed by atoms with Crippen molar-refractivity contribution in [3.8, 4) is 5.75 Å². The lowest BCUT2D eigenvalue weighted by Crippen LogP contribution is -2.49. The summed E-state index contributed by atoms with van der Waals surface area (Å²) in [6.45, 7) is 3.38. The first-order valence-electron chi connectivity index (χ1n) is 9.56. The average molecular weight is 386 g/mol. The van der Waals surface area contributed by atoms with E-state index in [2.05, 4.69) is 5.32 Å². The predicted molar refractivity (Wildman–Crippen MR) is 101 cm³/mol. The van der Waals surface area contributed by atoms with Crippen LogP contribution in [0.1, 0.15) is 44.2 Å². The first-order chi connectivity index (χ1) is 13.3. The van der Waals surface area contributed by atoms with Gasteiger partial charge in [-0.2, -0.15) is 0 Å². The number of rotatable bonds is 7. The molecule has 1 amide bonds. The number of carboxylic acids is 1. The summed E-state index contributed by atoms with van der Waals surface area (Å²) in [7, 11) is 0. The second-order valence-electron chi connectivity index (χ2n) is 7.57. The van der Waals surface area contributed by atoms with E-state index in [9.17, 15) is 19.5 Å². The van der Waals surface area contributed by atoms with Gasteiger partial charge in [0, 0.05) is 17.0 Å². The molecule has 3 rings (SSSR count). The van der Waals surface area contributed by atoms with Crippen LogP contribution in [0.5, 0.6) is 5.75 Å². The largest absolute Gasteiger partial charge is 0.548 e. The summed E-state index contributed by atoms with van der Waals surface area (Å²) in [5.41, 5.74) is 1.90. The fourth-order valence-electron chi connectivity index (χ4n) is 3.59. The lowest BCUT2D eigenvalue weighted by atomic mass is 9.91. The second-order valence-corrected chi connectivity index (χ2v) is 7.57. The van der Waals surface area contributed by atoms with Gasteiger partial charge in [-0.15, -0.1) is 0 Å². The van der Waals surface area contributed by atoms with Crippen LogP contribution in [-0.4, -0.2) is 24.5 Å². The molecule has 1 heterocycles. The Hall–Kier alpha value is -2.83. The molecule has 1 N–H and O–H groups in total. The molecule has 1 aromatic carbocycles. The predicted octanol–water partition coefficient (Wildman–Crippen LogP) is 1.33. The van der Waals surface area contributed by atoms with Crippen molar-refractivity contribution in [1.29, 1.82) is 0 Å². The minimum Gasteiger partial charge on any atom is -0.548 e. The minimum atomic E-state index is -1.32. The van der Waals surface area contributed by atoms with Gasteiger partial charge in [0.25, 0.3) is 5.91 Å². The molecule has 1 aliphatic rings. The molecule has 0 saturated carbocycles. The minimum absolute atomic E-state index is 0.0958. The number of carbonyl (C=O) groups is 2. The molecule has 1 aliphatic carbocycles. The normalized spacial score (nSPS) is 14.5. The zero-order chi connectivity index (χ0) is 20.3. The van der Waals surface area contributed by atoms with Crippen molar-refractivity contribution in [1.82, 2.24) is 5.32 Å². The van der Waals surface area contributed by atoms with E-state index in [-0.39, 0.29) is 24.6 Å².